The molecule has 102 valence electrons. The average Bonchev–Trinajstić information content (AvgIpc) is 2.97. The standard InChI is InChI=1S/C11H15ClN6O/c1-3-7-9(12)8(17(2)15-7)6-18-5-4-14-11(18)10(13)16-19/h4-5,19H,3,6H2,1-2H3,(H2,13,16). The molecule has 2 heterocycles. The third kappa shape index (κ3) is 2.41. The number of rotatable bonds is 4. The van der Waals surface area contributed by atoms with Crippen molar-refractivity contribution in [1.82, 2.24) is 19.3 Å². The summed E-state index contributed by atoms with van der Waals surface area (Å²) in [5, 5.41) is 16.7. The Morgan fingerprint density at radius 1 is 1.58 bits per heavy atom. The van der Waals surface area contributed by atoms with Gasteiger partial charge in [0, 0.05) is 19.4 Å². The molecular formula is C11H15ClN6O. The fourth-order valence-electron chi connectivity index (χ4n) is 1.87. The first kappa shape index (κ1) is 13.4. The maximum absolute atomic E-state index is 8.71. The lowest BCUT2D eigenvalue weighted by atomic mass is 10.3. The summed E-state index contributed by atoms with van der Waals surface area (Å²) in [6, 6.07) is 0. The molecule has 2 rings (SSSR count). The van der Waals surface area contributed by atoms with Crippen LogP contribution in [0.5, 0.6) is 0 Å². The highest BCUT2D eigenvalue weighted by atomic mass is 35.5. The molecule has 0 saturated heterocycles. The SMILES string of the molecule is CCc1nn(C)c(Cn2ccnc2C(N)=NO)c1Cl. The Balaban J connectivity index is 2.37. The van der Waals surface area contributed by atoms with E-state index in [0.29, 0.717) is 17.4 Å². The fraction of sp³-hybridized carbons (Fsp3) is 0.364. The lowest BCUT2D eigenvalue weighted by Crippen LogP contribution is -2.20. The molecule has 0 fully saturated rings. The van der Waals surface area contributed by atoms with E-state index in [4.69, 9.17) is 22.5 Å². The number of hydrogen-bond donors (Lipinski definition) is 2. The van der Waals surface area contributed by atoms with Crippen LogP contribution in [0.2, 0.25) is 5.02 Å². The van der Waals surface area contributed by atoms with Crippen LogP contribution in [0, 0.1) is 0 Å². The molecule has 19 heavy (non-hydrogen) atoms. The second kappa shape index (κ2) is 5.31. The number of halogens is 1. The third-order valence-electron chi connectivity index (χ3n) is 2.88. The molecule has 0 unspecified atom stereocenters. The molecule has 0 atom stereocenters. The molecule has 3 N–H and O–H groups in total. The molecule has 7 nitrogen and oxygen atoms in total. The summed E-state index contributed by atoms with van der Waals surface area (Å²) in [6.07, 6.45) is 4.09. The molecule has 0 aromatic carbocycles. The second-order valence-corrected chi connectivity index (χ2v) is 4.43. The van der Waals surface area contributed by atoms with Crippen LogP contribution in [0.1, 0.15) is 24.1 Å². The van der Waals surface area contributed by atoms with E-state index < -0.39 is 0 Å². The number of oxime groups is 1. The summed E-state index contributed by atoms with van der Waals surface area (Å²) in [4.78, 5) is 4.04. The lowest BCUT2D eigenvalue weighted by molar-refractivity contribution is 0.318. The van der Waals surface area contributed by atoms with Gasteiger partial charge in [-0.25, -0.2) is 4.98 Å². The minimum absolute atomic E-state index is 0.0426. The number of nitrogens with zero attached hydrogens (tertiary/aromatic N) is 5. The summed E-state index contributed by atoms with van der Waals surface area (Å²) in [6.45, 7) is 2.45. The molecule has 8 heteroatoms. The number of imidazole rings is 1. The molecule has 0 spiro atoms. The molecule has 0 radical (unpaired) electrons. The van der Waals surface area contributed by atoms with E-state index >= 15 is 0 Å². The summed E-state index contributed by atoms with van der Waals surface area (Å²) >= 11 is 6.28. The first-order chi connectivity index (χ1) is 9.08. The largest absolute Gasteiger partial charge is 0.409 e. The van der Waals surface area contributed by atoms with Crippen molar-refractivity contribution in [2.24, 2.45) is 17.9 Å². The lowest BCUT2D eigenvalue weighted by Gasteiger charge is -2.07. The summed E-state index contributed by atoms with van der Waals surface area (Å²) in [5.74, 6) is 0.344. The number of amidine groups is 1. The molecular weight excluding hydrogens is 268 g/mol. The molecule has 0 bridgehead atoms. The van der Waals surface area contributed by atoms with Crippen molar-refractivity contribution in [2.45, 2.75) is 19.9 Å². The summed E-state index contributed by atoms with van der Waals surface area (Å²) in [5.41, 5.74) is 7.26. The Kier molecular flexibility index (Phi) is 3.75. The number of aryl methyl sites for hydroxylation is 2. The second-order valence-electron chi connectivity index (χ2n) is 4.05. The topological polar surface area (TPSA) is 94.2 Å². The van der Waals surface area contributed by atoms with Crippen molar-refractivity contribution >= 4 is 17.4 Å². The van der Waals surface area contributed by atoms with Gasteiger partial charge < -0.3 is 15.5 Å². The minimum atomic E-state index is -0.0426. The zero-order valence-electron chi connectivity index (χ0n) is 10.7. The van der Waals surface area contributed by atoms with Gasteiger partial charge in [0.1, 0.15) is 0 Å². The molecule has 0 amide bonds. The van der Waals surface area contributed by atoms with Crippen molar-refractivity contribution in [3.63, 3.8) is 0 Å². The molecule has 2 aromatic heterocycles. The minimum Gasteiger partial charge on any atom is -0.409 e. The van der Waals surface area contributed by atoms with Crippen molar-refractivity contribution in [2.75, 3.05) is 0 Å². The van der Waals surface area contributed by atoms with Crippen molar-refractivity contribution in [3.8, 4) is 0 Å². The molecule has 0 aliphatic carbocycles. The van der Waals surface area contributed by atoms with Gasteiger partial charge in [-0.2, -0.15) is 5.10 Å². The van der Waals surface area contributed by atoms with E-state index in [2.05, 4.69) is 15.2 Å². The highest BCUT2D eigenvalue weighted by Crippen LogP contribution is 2.22. The van der Waals surface area contributed by atoms with Gasteiger partial charge in [-0.3, -0.25) is 4.68 Å². The van der Waals surface area contributed by atoms with Gasteiger partial charge in [-0.05, 0) is 6.42 Å². The van der Waals surface area contributed by atoms with Gasteiger partial charge in [0.2, 0.25) is 5.84 Å². The van der Waals surface area contributed by atoms with Crippen molar-refractivity contribution < 1.29 is 5.21 Å². The summed E-state index contributed by atoms with van der Waals surface area (Å²) < 4.78 is 3.48. The van der Waals surface area contributed by atoms with E-state index in [1.54, 1.807) is 21.6 Å². The average molecular weight is 283 g/mol. The first-order valence-electron chi connectivity index (χ1n) is 5.77. The van der Waals surface area contributed by atoms with Crippen molar-refractivity contribution in [1.29, 1.82) is 0 Å². The number of hydrogen-bond acceptors (Lipinski definition) is 4. The highest BCUT2D eigenvalue weighted by molar-refractivity contribution is 6.31. The Morgan fingerprint density at radius 3 is 2.89 bits per heavy atom. The Morgan fingerprint density at radius 2 is 2.32 bits per heavy atom. The number of nitrogens with two attached hydrogens (primary N) is 1. The van der Waals surface area contributed by atoms with E-state index in [1.807, 2.05) is 14.0 Å². The van der Waals surface area contributed by atoms with Crippen LogP contribution in [0.3, 0.4) is 0 Å². The molecule has 0 aliphatic heterocycles. The van der Waals surface area contributed by atoms with Crippen LogP contribution >= 0.6 is 11.6 Å². The third-order valence-corrected chi connectivity index (χ3v) is 3.31. The van der Waals surface area contributed by atoms with E-state index in [1.165, 1.54) is 0 Å². The molecule has 0 saturated carbocycles. The maximum atomic E-state index is 8.71. The molecule has 2 aromatic rings. The smallest absolute Gasteiger partial charge is 0.206 e. The van der Waals surface area contributed by atoms with Gasteiger partial charge in [0.25, 0.3) is 0 Å². The summed E-state index contributed by atoms with van der Waals surface area (Å²) in [7, 11) is 1.83. The van der Waals surface area contributed by atoms with Gasteiger partial charge in [-0.1, -0.05) is 23.7 Å². The fourth-order valence-corrected chi connectivity index (χ4v) is 2.22. The highest BCUT2D eigenvalue weighted by Gasteiger charge is 2.15. The van der Waals surface area contributed by atoms with E-state index in [-0.39, 0.29) is 5.84 Å². The van der Waals surface area contributed by atoms with Gasteiger partial charge in [0.15, 0.2) is 5.82 Å². The Labute approximate surface area is 115 Å². The van der Waals surface area contributed by atoms with E-state index in [9.17, 15) is 0 Å². The van der Waals surface area contributed by atoms with Crippen molar-refractivity contribution in [3.05, 3.63) is 34.6 Å². The zero-order chi connectivity index (χ0) is 14.0. The van der Waals surface area contributed by atoms with Crippen LogP contribution < -0.4 is 5.73 Å². The van der Waals surface area contributed by atoms with Crippen LogP contribution in [0.15, 0.2) is 17.5 Å². The quantitative estimate of drug-likeness (QED) is 0.378. The monoisotopic (exact) mass is 282 g/mol. The first-order valence-corrected chi connectivity index (χ1v) is 6.15. The number of aromatic nitrogens is 4. The van der Waals surface area contributed by atoms with Crippen LogP contribution in [0.25, 0.3) is 0 Å². The predicted molar refractivity (Wildman–Crippen MR) is 71.4 cm³/mol. The Bertz CT molecular complexity index is 615. The van der Waals surface area contributed by atoms with Gasteiger partial charge in [-0.15, -0.1) is 0 Å². The Hall–Kier alpha value is -2.02. The van der Waals surface area contributed by atoms with Gasteiger partial charge in [0.05, 0.1) is 23.0 Å². The van der Waals surface area contributed by atoms with Crippen LogP contribution in [-0.2, 0) is 20.0 Å². The predicted octanol–water partition coefficient (Wildman–Crippen LogP) is 0.975. The van der Waals surface area contributed by atoms with Gasteiger partial charge >= 0.3 is 0 Å². The maximum Gasteiger partial charge on any atom is 0.206 e. The molecule has 0 aliphatic rings. The van der Waals surface area contributed by atoms with E-state index in [0.717, 1.165) is 17.8 Å². The van der Waals surface area contributed by atoms with Crippen LogP contribution in [-0.4, -0.2) is 30.4 Å². The zero-order valence-corrected chi connectivity index (χ0v) is 11.5. The normalized spacial score (nSPS) is 12.1. The van der Waals surface area contributed by atoms with Crippen LogP contribution in [0.4, 0.5) is 0 Å².